The minimum atomic E-state index is -3.65. The van der Waals surface area contributed by atoms with Gasteiger partial charge in [-0.25, -0.2) is 8.42 Å². The molecule has 4 nitrogen and oxygen atoms in total. The highest BCUT2D eigenvalue weighted by molar-refractivity contribution is 7.89. The zero-order valence-electron chi connectivity index (χ0n) is 10.9. The summed E-state index contributed by atoms with van der Waals surface area (Å²) in [6, 6.07) is 4.63. The fourth-order valence-electron chi connectivity index (χ4n) is 1.84. The first-order valence-corrected chi connectivity index (χ1v) is 7.73. The van der Waals surface area contributed by atoms with Crippen molar-refractivity contribution in [3.63, 3.8) is 0 Å². The molecule has 18 heavy (non-hydrogen) atoms. The molecule has 0 aliphatic carbocycles. The maximum atomic E-state index is 12.6. The van der Waals surface area contributed by atoms with Crippen LogP contribution in [0.25, 0.3) is 0 Å². The van der Waals surface area contributed by atoms with Crippen molar-refractivity contribution < 1.29 is 8.42 Å². The van der Waals surface area contributed by atoms with Crippen molar-refractivity contribution in [2.45, 2.75) is 38.1 Å². The molecule has 1 rings (SSSR count). The van der Waals surface area contributed by atoms with Crippen molar-refractivity contribution in [3.8, 4) is 0 Å². The lowest BCUT2D eigenvalue weighted by Crippen LogP contribution is -2.38. The van der Waals surface area contributed by atoms with Crippen molar-refractivity contribution >= 4 is 27.3 Å². The predicted octanol–water partition coefficient (Wildman–Crippen LogP) is 2.73. The van der Waals surface area contributed by atoms with Crippen LogP contribution in [-0.2, 0) is 10.0 Å². The molecule has 0 aromatic heterocycles. The fourth-order valence-corrected chi connectivity index (χ4v) is 4.19. The molecule has 0 saturated heterocycles. The molecule has 0 aliphatic rings. The summed E-state index contributed by atoms with van der Waals surface area (Å²) in [5, 5.41) is 0.164. The number of sulfonamides is 1. The maximum Gasteiger partial charge on any atom is 0.246 e. The minimum Gasteiger partial charge on any atom is -0.398 e. The van der Waals surface area contributed by atoms with Crippen LogP contribution in [0.3, 0.4) is 0 Å². The van der Waals surface area contributed by atoms with Crippen LogP contribution in [-0.4, -0.2) is 25.3 Å². The Labute approximate surface area is 114 Å². The molecule has 0 amide bonds. The van der Waals surface area contributed by atoms with Crippen molar-refractivity contribution in [2.24, 2.45) is 0 Å². The Morgan fingerprint density at radius 3 is 2.44 bits per heavy atom. The summed E-state index contributed by atoms with van der Waals surface area (Å²) in [4.78, 5) is 0.00816. The maximum absolute atomic E-state index is 12.6. The summed E-state index contributed by atoms with van der Waals surface area (Å²) in [5.41, 5.74) is 5.94. The smallest absolute Gasteiger partial charge is 0.246 e. The molecule has 0 saturated carbocycles. The van der Waals surface area contributed by atoms with Gasteiger partial charge in [0.25, 0.3) is 0 Å². The molecule has 102 valence electrons. The molecule has 0 radical (unpaired) electrons. The molecule has 2 N–H and O–H groups in total. The first kappa shape index (κ1) is 15.3. The summed E-state index contributed by atoms with van der Waals surface area (Å²) >= 11 is 5.98. The van der Waals surface area contributed by atoms with Crippen molar-refractivity contribution in [1.82, 2.24) is 4.31 Å². The summed E-state index contributed by atoms with van der Waals surface area (Å²) in [7, 11) is -3.65. The highest BCUT2D eigenvalue weighted by Gasteiger charge is 2.30. The van der Waals surface area contributed by atoms with E-state index in [1.165, 1.54) is 10.4 Å². The van der Waals surface area contributed by atoms with E-state index in [1.54, 1.807) is 19.1 Å². The number of halogens is 1. The fraction of sp³-hybridized carbons (Fsp3) is 0.500. The Kier molecular flexibility index (Phi) is 5.01. The quantitative estimate of drug-likeness (QED) is 0.848. The molecule has 0 fully saturated rings. The van der Waals surface area contributed by atoms with E-state index in [0.717, 1.165) is 6.42 Å². The number of benzene rings is 1. The molecule has 1 unspecified atom stereocenters. The Morgan fingerprint density at radius 1 is 1.39 bits per heavy atom. The lowest BCUT2D eigenvalue weighted by molar-refractivity contribution is 0.343. The third-order valence-corrected chi connectivity index (χ3v) is 5.59. The number of hydrogen-bond donors (Lipinski definition) is 1. The molecule has 0 heterocycles. The van der Waals surface area contributed by atoms with Gasteiger partial charge in [-0.3, -0.25) is 0 Å². The van der Waals surface area contributed by atoms with E-state index in [0.29, 0.717) is 6.54 Å². The SMILES string of the molecule is CCC(C)N(CC)S(=O)(=O)c1c(N)cccc1Cl. The van der Waals surface area contributed by atoms with Gasteiger partial charge in [0, 0.05) is 12.6 Å². The van der Waals surface area contributed by atoms with Gasteiger partial charge < -0.3 is 5.73 Å². The number of nitrogens with zero attached hydrogens (tertiary/aromatic N) is 1. The average Bonchev–Trinajstić information content (AvgIpc) is 2.28. The standard InChI is InChI=1S/C12H19ClN2O2S/c1-4-9(3)15(5-2)18(16,17)12-10(13)7-6-8-11(12)14/h6-9H,4-5,14H2,1-3H3. The largest absolute Gasteiger partial charge is 0.398 e. The van der Waals surface area contributed by atoms with Crippen LogP contribution < -0.4 is 5.73 Å². The molecular formula is C12H19ClN2O2S. The number of hydrogen-bond acceptors (Lipinski definition) is 3. The lowest BCUT2D eigenvalue weighted by Gasteiger charge is -2.27. The van der Waals surface area contributed by atoms with Crippen LogP contribution in [0.5, 0.6) is 0 Å². The molecule has 1 aromatic rings. The number of nitrogens with two attached hydrogens (primary N) is 1. The second-order valence-electron chi connectivity index (χ2n) is 4.12. The second-order valence-corrected chi connectivity index (χ2v) is 6.36. The molecule has 0 bridgehead atoms. The van der Waals surface area contributed by atoms with Gasteiger partial charge in [0.1, 0.15) is 4.90 Å². The normalized spacial score (nSPS) is 13.8. The summed E-state index contributed by atoms with van der Waals surface area (Å²) in [5.74, 6) is 0. The van der Waals surface area contributed by atoms with E-state index in [2.05, 4.69) is 0 Å². The summed E-state index contributed by atoms with van der Waals surface area (Å²) in [6.07, 6.45) is 0.734. The second kappa shape index (κ2) is 5.91. The molecule has 0 aliphatic heterocycles. The monoisotopic (exact) mass is 290 g/mol. The summed E-state index contributed by atoms with van der Waals surface area (Å²) < 4.78 is 26.6. The Morgan fingerprint density at radius 2 is 2.00 bits per heavy atom. The molecule has 0 spiro atoms. The van der Waals surface area contributed by atoms with E-state index >= 15 is 0 Å². The Bertz CT molecular complexity index is 497. The van der Waals surface area contributed by atoms with E-state index in [-0.39, 0.29) is 21.6 Å². The van der Waals surface area contributed by atoms with Crippen LogP contribution in [0.4, 0.5) is 5.69 Å². The summed E-state index contributed by atoms with van der Waals surface area (Å²) in [6.45, 7) is 6.01. The van der Waals surface area contributed by atoms with Crippen LogP contribution in [0.2, 0.25) is 5.02 Å². The van der Waals surface area contributed by atoms with Gasteiger partial charge in [0.15, 0.2) is 0 Å². The highest BCUT2D eigenvalue weighted by Crippen LogP contribution is 2.31. The number of rotatable bonds is 5. The topological polar surface area (TPSA) is 63.4 Å². The van der Waals surface area contributed by atoms with Crippen LogP contribution >= 0.6 is 11.6 Å². The average molecular weight is 291 g/mol. The number of nitrogen functional groups attached to an aromatic ring is 1. The zero-order chi connectivity index (χ0) is 13.9. The van der Waals surface area contributed by atoms with Crippen molar-refractivity contribution in [2.75, 3.05) is 12.3 Å². The van der Waals surface area contributed by atoms with Gasteiger partial charge in [0.05, 0.1) is 10.7 Å². The highest BCUT2D eigenvalue weighted by atomic mass is 35.5. The third kappa shape index (κ3) is 2.79. The third-order valence-electron chi connectivity index (χ3n) is 2.96. The van der Waals surface area contributed by atoms with Crippen LogP contribution in [0.1, 0.15) is 27.2 Å². The molecular weight excluding hydrogens is 272 g/mol. The van der Waals surface area contributed by atoms with Crippen LogP contribution in [0, 0.1) is 0 Å². The van der Waals surface area contributed by atoms with Gasteiger partial charge in [-0.05, 0) is 25.5 Å². The van der Waals surface area contributed by atoms with Crippen molar-refractivity contribution in [1.29, 1.82) is 0 Å². The van der Waals surface area contributed by atoms with Gasteiger partial charge >= 0.3 is 0 Å². The molecule has 6 heteroatoms. The first-order chi connectivity index (χ1) is 8.36. The van der Waals surface area contributed by atoms with E-state index in [9.17, 15) is 8.42 Å². The first-order valence-electron chi connectivity index (χ1n) is 5.92. The van der Waals surface area contributed by atoms with Gasteiger partial charge in [0.2, 0.25) is 10.0 Å². The van der Waals surface area contributed by atoms with Gasteiger partial charge in [-0.1, -0.05) is 31.5 Å². The van der Waals surface area contributed by atoms with Gasteiger partial charge in [-0.2, -0.15) is 4.31 Å². The van der Waals surface area contributed by atoms with Gasteiger partial charge in [-0.15, -0.1) is 0 Å². The van der Waals surface area contributed by atoms with Crippen LogP contribution in [0.15, 0.2) is 23.1 Å². The van der Waals surface area contributed by atoms with E-state index in [1.807, 2.05) is 13.8 Å². The Balaban J connectivity index is 3.37. The predicted molar refractivity (Wildman–Crippen MR) is 75.2 cm³/mol. The molecule has 1 aromatic carbocycles. The zero-order valence-corrected chi connectivity index (χ0v) is 12.4. The van der Waals surface area contributed by atoms with E-state index < -0.39 is 10.0 Å². The van der Waals surface area contributed by atoms with E-state index in [4.69, 9.17) is 17.3 Å². The Hall–Kier alpha value is -0.780. The lowest BCUT2D eigenvalue weighted by atomic mass is 10.3. The minimum absolute atomic E-state index is 0.00816. The molecule has 1 atom stereocenters. The van der Waals surface area contributed by atoms with Crippen molar-refractivity contribution in [3.05, 3.63) is 23.2 Å². The number of anilines is 1.